The van der Waals surface area contributed by atoms with Gasteiger partial charge in [-0.1, -0.05) is 0 Å². The number of nitrogens with two attached hydrogens (primary N) is 1. The Kier molecular flexibility index (Phi) is 3.38. The lowest BCUT2D eigenvalue weighted by atomic mass is 9.97. The van der Waals surface area contributed by atoms with Gasteiger partial charge < -0.3 is 10.6 Å². The van der Waals surface area contributed by atoms with E-state index >= 15 is 0 Å². The summed E-state index contributed by atoms with van der Waals surface area (Å²) in [5, 5.41) is 0. The molecule has 0 saturated carbocycles. The van der Waals surface area contributed by atoms with E-state index in [-0.39, 0.29) is 5.92 Å². The number of hydrogen-bond acceptors (Lipinski definition) is 7. The van der Waals surface area contributed by atoms with Gasteiger partial charge in [0.05, 0.1) is 4.88 Å². The molecular weight excluding hydrogens is 312 g/mol. The van der Waals surface area contributed by atoms with Gasteiger partial charge in [-0.2, -0.15) is 0 Å². The Balaban J connectivity index is 1.73. The van der Waals surface area contributed by atoms with Crippen LogP contribution in [0.15, 0.2) is 30.9 Å². The molecule has 3 aromatic heterocycles. The third kappa shape index (κ3) is 2.40. The number of carbonyl (C=O) groups excluding carboxylic acids is 1. The maximum Gasteiger partial charge on any atom is 0.259 e. The van der Waals surface area contributed by atoms with E-state index in [0.29, 0.717) is 10.8 Å². The van der Waals surface area contributed by atoms with Gasteiger partial charge in [0.1, 0.15) is 10.3 Å². The van der Waals surface area contributed by atoms with Crippen LogP contribution in [0.1, 0.15) is 27.6 Å². The van der Waals surface area contributed by atoms with Crippen LogP contribution >= 0.6 is 11.3 Å². The second-order valence-electron chi connectivity index (χ2n) is 5.40. The number of carbonyl (C=O) groups is 1. The highest BCUT2D eigenvalue weighted by atomic mass is 32.1. The molecule has 23 heavy (non-hydrogen) atoms. The molecule has 0 bridgehead atoms. The minimum atomic E-state index is -0.417. The topological polar surface area (TPSA) is 97.9 Å². The first kappa shape index (κ1) is 14.0. The number of nitrogens with zero attached hydrogens (tertiary/aromatic N) is 5. The normalized spacial score (nSPS) is 17.7. The maximum atomic E-state index is 11.8. The summed E-state index contributed by atoms with van der Waals surface area (Å²) in [6, 6.07) is 1.80. The van der Waals surface area contributed by atoms with Crippen molar-refractivity contribution < 1.29 is 4.79 Å². The Labute approximate surface area is 136 Å². The van der Waals surface area contributed by atoms with Crippen LogP contribution in [0.4, 0.5) is 5.95 Å². The van der Waals surface area contributed by atoms with Crippen molar-refractivity contribution in [1.82, 2.24) is 19.9 Å². The molecule has 4 heterocycles. The van der Waals surface area contributed by atoms with Crippen molar-refractivity contribution in [2.45, 2.75) is 12.3 Å². The van der Waals surface area contributed by atoms with Gasteiger partial charge in [-0.05, 0) is 12.5 Å². The highest BCUT2D eigenvalue weighted by Crippen LogP contribution is 2.38. The second kappa shape index (κ2) is 5.54. The summed E-state index contributed by atoms with van der Waals surface area (Å²) >= 11 is 1.32. The van der Waals surface area contributed by atoms with Crippen molar-refractivity contribution in [2.75, 3.05) is 18.0 Å². The molecule has 1 aliphatic heterocycles. The Hall–Kier alpha value is -2.61. The molecule has 1 amide bonds. The number of rotatable bonds is 3. The Morgan fingerprint density at radius 2 is 1.96 bits per heavy atom. The highest BCUT2D eigenvalue weighted by Gasteiger charge is 2.31. The minimum absolute atomic E-state index is 0.173. The predicted octanol–water partition coefficient (Wildman–Crippen LogP) is 1.57. The van der Waals surface area contributed by atoms with Crippen LogP contribution in [0.5, 0.6) is 0 Å². The van der Waals surface area contributed by atoms with Gasteiger partial charge in [-0.3, -0.25) is 9.78 Å². The van der Waals surface area contributed by atoms with Gasteiger partial charge in [-0.25, -0.2) is 15.0 Å². The molecule has 0 unspecified atom stereocenters. The third-order valence-electron chi connectivity index (χ3n) is 4.02. The minimum Gasteiger partial charge on any atom is -0.365 e. The van der Waals surface area contributed by atoms with Gasteiger partial charge in [-0.15, -0.1) is 11.3 Å². The summed E-state index contributed by atoms with van der Waals surface area (Å²) in [7, 11) is 0. The van der Waals surface area contributed by atoms with Crippen LogP contribution in [-0.2, 0) is 0 Å². The molecule has 7 nitrogen and oxygen atoms in total. The number of thiophene rings is 1. The quantitative estimate of drug-likeness (QED) is 0.784. The van der Waals surface area contributed by atoms with Crippen molar-refractivity contribution in [3.63, 3.8) is 0 Å². The molecule has 4 rings (SSSR count). The summed E-state index contributed by atoms with van der Waals surface area (Å²) in [5.74, 6) is 0.465. The van der Waals surface area contributed by atoms with Crippen LogP contribution in [0, 0.1) is 0 Å². The zero-order valence-corrected chi connectivity index (χ0v) is 13.0. The van der Waals surface area contributed by atoms with E-state index in [1.54, 1.807) is 30.9 Å². The van der Waals surface area contributed by atoms with Crippen LogP contribution < -0.4 is 10.6 Å². The average molecular weight is 326 g/mol. The van der Waals surface area contributed by atoms with Gasteiger partial charge in [0.2, 0.25) is 5.95 Å². The van der Waals surface area contributed by atoms with E-state index in [4.69, 9.17) is 5.73 Å². The Morgan fingerprint density at radius 3 is 2.74 bits per heavy atom. The van der Waals surface area contributed by atoms with Gasteiger partial charge in [0, 0.05) is 49.4 Å². The van der Waals surface area contributed by atoms with Gasteiger partial charge in [0.15, 0.2) is 0 Å². The fourth-order valence-electron chi connectivity index (χ4n) is 3.04. The number of aromatic nitrogens is 4. The summed E-state index contributed by atoms with van der Waals surface area (Å²) in [5.41, 5.74) is 7.27. The monoisotopic (exact) mass is 326 g/mol. The molecule has 2 N–H and O–H groups in total. The number of anilines is 1. The zero-order chi connectivity index (χ0) is 15.8. The van der Waals surface area contributed by atoms with E-state index in [1.165, 1.54) is 11.3 Å². The molecule has 0 spiro atoms. The van der Waals surface area contributed by atoms with Crippen molar-refractivity contribution in [3.8, 4) is 0 Å². The molecular formula is C15H14N6OS. The van der Waals surface area contributed by atoms with E-state index < -0.39 is 5.91 Å². The SMILES string of the molecule is NC(=O)c1sc2nccnc2c1[C@@H]1CCN(c2ncccn2)C1. The molecule has 1 fully saturated rings. The van der Waals surface area contributed by atoms with Crippen molar-refractivity contribution in [1.29, 1.82) is 0 Å². The van der Waals surface area contributed by atoms with Crippen LogP contribution in [0.2, 0.25) is 0 Å². The Morgan fingerprint density at radius 1 is 1.17 bits per heavy atom. The molecule has 0 aliphatic carbocycles. The average Bonchev–Trinajstić information content (AvgIpc) is 3.20. The van der Waals surface area contributed by atoms with E-state index in [1.807, 2.05) is 0 Å². The van der Waals surface area contributed by atoms with Crippen LogP contribution in [0.25, 0.3) is 10.3 Å². The molecule has 116 valence electrons. The van der Waals surface area contributed by atoms with E-state index in [0.717, 1.165) is 35.4 Å². The molecule has 1 aliphatic rings. The third-order valence-corrected chi connectivity index (χ3v) is 5.14. The van der Waals surface area contributed by atoms with Crippen LogP contribution in [-0.4, -0.2) is 38.9 Å². The van der Waals surface area contributed by atoms with Gasteiger partial charge >= 0.3 is 0 Å². The standard InChI is InChI=1S/C15H14N6OS/c16-13(22)12-10(11-14(23-12)18-6-5-17-11)9-2-7-21(8-9)15-19-3-1-4-20-15/h1,3-6,9H,2,7-8H2,(H2,16,22)/t9-/m1/s1. The first-order chi connectivity index (χ1) is 11.2. The van der Waals surface area contributed by atoms with Crippen LogP contribution in [0.3, 0.4) is 0 Å². The molecule has 3 aromatic rings. The summed E-state index contributed by atoms with van der Waals surface area (Å²) in [6.07, 6.45) is 7.65. The molecule has 1 atom stereocenters. The van der Waals surface area contributed by atoms with Gasteiger partial charge in [0.25, 0.3) is 5.91 Å². The first-order valence-electron chi connectivity index (χ1n) is 7.29. The molecule has 0 radical (unpaired) electrons. The largest absolute Gasteiger partial charge is 0.365 e. The number of primary amides is 1. The molecule has 8 heteroatoms. The first-order valence-corrected chi connectivity index (χ1v) is 8.11. The number of fused-ring (bicyclic) bond motifs is 1. The summed E-state index contributed by atoms with van der Waals surface area (Å²) in [4.78, 5) is 32.6. The van der Waals surface area contributed by atoms with Crippen molar-refractivity contribution >= 4 is 33.5 Å². The van der Waals surface area contributed by atoms with Crippen molar-refractivity contribution in [2.24, 2.45) is 5.73 Å². The zero-order valence-electron chi connectivity index (χ0n) is 12.2. The predicted molar refractivity (Wildman–Crippen MR) is 87.5 cm³/mol. The van der Waals surface area contributed by atoms with Crippen molar-refractivity contribution in [3.05, 3.63) is 41.3 Å². The fourth-order valence-corrected chi connectivity index (χ4v) is 4.08. The number of hydrogen-bond donors (Lipinski definition) is 1. The number of amides is 1. The molecule has 0 aromatic carbocycles. The lowest BCUT2D eigenvalue weighted by Crippen LogP contribution is -2.22. The Bertz CT molecular complexity index is 865. The smallest absolute Gasteiger partial charge is 0.259 e. The summed E-state index contributed by atoms with van der Waals surface area (Å²) in [6.45, 7) is 1.58. The van der Waals surface area contributed by atoms with E-state index in [2.05, 4.69) is 24.8 Å². The second-order valence-corrected chi connectivity index (χ2v) is 6.40. The highest BCUT2D eigenvalue weighted by molar-refractivity contribution is 7.20. The maximum absolute atomic E-state index is 11.8. The lowest BCUT2D eigenvalue weighted by molar-refractivity contribution is 0.100. The molecule has 1 saturated heterocycles. The lowest BCUT2D eigenvalue weighted by Gasteiger charge is -2.16. The fraction of sp³-hybridized carbons (Fsp3) is 0.267. The van der Waals surface area contributed by atoms with E-state index in [9.17, 15) is 4.79 Å². The summed E-state index contributed by atoms with van der Waals surface area (Å²) < 4.78 is 0.